The third-order valence-electron chi connectivity index (χ3n) is 2.03. The Morgan fingerprint density at radius 2 is 1.79 bits per heavy atom. The fraction of sp³-hybridized carbons (Fsp3) is 0. The normalized spacial score (nSPS) is 10.1. The van der Waals surface area contributed by atoms with Gasteiger partial charge >= 0.3 is 0 Å². The van der Waals surface area contributed by atoms with Crippen LogP contribution in [0.4, 0.5) is 5.69 Å². The third kappa shape index (κ3) is 1.74. The van der Waals surface area contributed by atoms with Crippen molar-refractivity contribution in [1.82, 2.24) is 0 Å². The summed E-state index contributed by atoms with van der Waals surface area (Å²) in [6, 6.07) is 13.8. The molecule has 0 atom stereocenters. The fourth-order valence-corrected chi connectivity index (χ4v) is 1.43. The van der Waals surface area contributed by atoms with Gasteiger partial charge in [0.2, 0.25) is 5.91 Å². The van der Waals surface area contributed by atoms with Crippen molar-refractivity contribution >= 4 is 22.4 Å². The highest BCUT2D eigenvalue weighted by atomic mass is 16.1. The van der Waals surface area contributed by atoms with E-state index in [1.54, 1.807) is 0 Å². The van der Waals surface area contributed by atoms with E-state index in [0.717, 1.165) is 16.5 Å². The number of hydrogen-bond donors (Lipinski definition) is 1. The zero-order chi connectivity index (χ0) is 9.97. The first-order valence-electron chi connectivity index (χ1n) is 4.37. The molecule has 0 unspecified atom stereocenters. The molecular formula is C12H10NO. The number of fused-ring (bicyclic) bond motifs is 1. The average molecular weight is 184 g/mol. The van der Waals surface area contributed by atoms with Crippen LogP contribution in [-0.4, -0.2) is 5.91 Å². The van der Waals surface area contributed by atoms with Gasteiger partial charge in [0.1, 0.15) is 0 Å². The first-order valence-corrected chi connectivity index (χ1v) is 4.37. The predicted octanol–water partition coefficient (Wildman–Crippen LogP) is 2.61. The number of hydrogen-bond acceptors (Lipinski definition) is 1. The molecule has 1 amide bonds. The Labute approximate surface area is 82.6 Å². The monoisotopic (exact) mass is 184 g/mol. The molecule has 69 valence electrons. The second-order valence-electron chi connectivity index (χ2n) is 3.11. The Kier molecular flexibility index (Phi) is 2.19. The van der Waals surface area contributed by atoms with Crippen LogP contribution in [0.1, 0.15) is 0 Å². The Morgan fingerprint density at radius 1 is 1.07 bits per heavy atom. The minimum Gasteiger partial charge on any atom is -0.326 e. The Morgan fingerprint density at radius 3 is 2.50 bits per heavy atom. The predicted molar refractivity (Wildman–Crippen MR) is 57.9 cm³/mol. The molecule has 14 heavy (non-hydrogen) atoms. The summed E-state index contributed by atoms with van der Waals surface area (Å²) in [5.74, 6) is -0.291. The zero-order valence-electron chi connectivity index (χ0n) is 7.66. The minimum atomic E-state index is -0.291. The highest BCUT2D eigenvalue weighted by Crippen LogP contribution is 2.18. The summed E-state index contributed by atoms with van der Waals surface area (Å²) in [5.41, 5.74) is 0.781. The second kappa shape index (κ2) is 3.50. The maximum atomic E-state index is 10.7. The van der Waals surface area contributed by atoms with Crippen molar-refractivity contribution in [2.24, 2.45) is 0 Å². The molecule has 0 aromatic heterocycles. The van der Waals surface area contributed by atoms with Crippen molar-refractivity contribution in [3.63, 3.8) is 0 Å². The summed E-state index contributed by atoms with van der Waals surface area (Å²) in [5, 5.41) is 4.92. The topological polar surface area (TPSA) is 29.1 Å². The van der Waals surface area contributed by atoms with Gasteiger partial charge in [-0.1, -0.05) is 30.3 Å². The van der Waals surface area contributed by atoms with E-state index in [2.05, 4.69) is 12.2 Å². The molecule has 0 aliphatic heterocycles. The van der Waals surface area contributed by atoms with E-state index >= 15 is 0 Å². The second-order valence-corrected chi connectivity index (χ2v) is 3.11. The van der Waals surface area contributed by atoms with Gasteiger partial charge in [0.25, 0.3) is 0 Å². The molecule has 0 aliphatic rings. The Bertz CT molecular complexity index is 476. The van der Waals surface area contributed by atoms with Crippen LogP contribution in [0.5, 0.6) is 0 Å². The van der Waals surface area contributed by atoms with E-state index in [1.807, 2.05) is 42.5 Å². The summed E-state index contributed by atoms with van der Waals surface area (Å²) in [6.07, 6.45) is 0. The molecule has 0 spiro atoms. The average Bonchev–Trinajstić information content (AvgIpc) is 2.17. The quantitative estimate of drug-likeness (QED) is 0.725. The largest absolute Gasteiger partial charge is 0.326 e. The summed E-state index contributed by atoms with van der Waals surface area (Å²) in [4.78, 5) is 10.7. The van der Waals surface area contributed by atoms with Crippen LogP contribution in [0.25, 0.3) is 10.8 Å². The zero-order valence-corrected chi connectivity index (χ0v) is 7.66. The molecule has 1 radical (unpaired) electrons. The standard InChI is InChI=1S/C12H10NO/c1-9(14)13-12-7-6-10-4-2-3-5-11(10)8-12/h2-8H,1H2,(H,13,14). The number of nitrogens with one attached hydrogen (secondary N) is 1. The number of benzene rings is 2. The lowest BCUT2D eigenvalue weighted by molar-refractivity contribution is -0.112. The van der Waals surface area contributed by atoms with Crippen molar-refractivity contribution in [3.8, 4) is 0 Å². The van der Waals surface area contributed by atoms with Crippen molar-refractivity contribution in [2.45, 2.75) is 0 Å². The third-order valence-corrected chi connectivity index (χ3v) is 2.03. The minimum absolute atomic E-state index is 0.291. The van der Waals surface area contributed by atoms with Gasteiger partial charge in [-0.2, -0.15) is 0 Å². The molecule has 2 rings (SSSR count). The first kappa shape index (κ1) is 8.75. The van der Waals surface area contributed by atoms with E-state index in [-0.39, 0.29) is 5.91 Å². The number of amides is 1. The van der Waals surface area contributed by atoms with Crippen LogP contribution < -0.4 is 5.32 Å². The lowest BCUT2D eigenvalue weighted by Crippen LogP contribution is -2.05. The van der Waals surface area contributed by atoms with Gasteiger partial charge in [0.05, 0.1) is 0 Å². The van der Waals surface area contributed by atoms with Gasteiger partial charge in [-0.15, -0.1) is 0 Å². The molecule has 0 saturated heterocycles. The van der Waals surface area contributed by atoms with Crippen LogP contribution in [0.2, 0.25) is 0 Å². The van der Waals surface area contributed by atoms with Gasteiger partial charge in [-0.3, -0.25) is 4.79 Å². The van der Waals surface area contributed by atoms with Crippen LogP contribution in [0.3, 0.4) is 0 Å². The molecule has 0 aliphatic carbocycles. The molecule has 2 nitrogen and oxygen atoms in total. The fourth-order valence-electron chi connectivity index (χ4n) is 1.43. The van der Waals surface area contributed by atoms with E-state index in [1.165, 1.54) is 0 Å². The smallest absolute Gasteiger partial charge is 0.224 e. The van der Waals surface area contributed by atoms with Crippen LogP contribution in [0.15, 0.2) is 42.5 Å². The maximum Gasteiger partial charge on any atom is 0.224 e. The van der Waals surface area contributed by atoms with Crippen LogP contribution in [0, 0.1) is 6.92 Å². The number of carbonyl (C=O) groups excluding carboxylic acids is 1. The molecule has 0 fully saturated rings. The van der Waals surface area contributed by atoms with Crippen molar-refractivity contribution in [1.29, 1.82) is 0 Å². The van der Waals surface area contributed by atoms with Gasteiger partial charge in [0, 0.05) is 12.6 Å². The van der Waals surface area contributed by atoms with Gasteiger partial charge in [-0.05, 0) is 22.9 Å². The molecule has 1 N–H and O–H groups in total. The molecule has 0 saturated carbocycles. The van der Waals surface area contributed by atoms with E-state index < -0.39 is 0 Å². The van der Waals surface area contributed by atoms with E-state index in [9.17, 15) is 4.79 Å². The lowest BCUT2D eigenvalue weighted by Gasteiger charge is -2.03. The van der Waals surface area contributed by atoms with E-state index in [0.29, 0.717) is 0 Å². The van der Waals surface area contributed by atoms with Crippen LogP contribution in [-0.2, 0) is 4.79 Å². The summed E-state index contributed by atoms with van der Waals surface area (Å²) < 4.78 is 0. The number of anilines is 1. The SMILES string of the molecule is [CH2]C(=O)Nc1ccc2ccccc2c1. The van der Waals surface area contributed by atoms with Crippen molar-refractivity contribution < 1.29 is 4.79 Å². The highest BCUT2D eigenvalue weighted by Gasteiger charge is 1.96. The van der Waals surface area contributed by atoms with Gasteiger partial charge in [0.15, 0.2) is 0 Å². The molecular weight excluding hydrogens is 174 g/mol. The summed E-state index contributed by atoms with van der Waals surface area (Å²) in [6.45, 7) is 3.26. The number of carbonyl (C=O) groups is 1. The molecule has 2 aromatic rings. The molecule has 0 heterocycles. The molecule has 2 aromatic carbocycles. The van der Waals surface area contributed by atoms with Crippen LogP contribution >= 0.6 is 0 Å². The lowest BCUT2D eigenvalue weighted by atomic mass is 10.1. The molecule has 2 heteroatoms. The first-order chi connectivity index (χ1) is 6.75. The number of rotatable bonds is 1. The van der Waals surface area contributed by atoms with Gasteiger partial charge in [-0.25, -0.2) is 0 Å². The van der Waals surface area contributed by atoms with Gasteiger partial charge < -0.3 is 5.32 Å². The maximum absolute atomic E-state index is 10.7. The summed E-state index contributed by atoms with van der Waals surface area (Å²) >= 11 is 0. The Balaban J connectivity index is 2.46. The van der Waals surface area contributed by atoms with Crippen molar-refractivity contribution in [3.05, 3.63) is 49.4 Å². The van der Waals surface area contributed by atoms with Crippen molar-refractivity contribution in [2.75, 3.05) is 5.32 Å². The Hall–Kier alpha value is -1.83. The van der Waals surface area contributed by atoms with E-state index in [4.69, 9.17) is 0 Å². The molecule has 0 bridgehead atoms. The summed E-state index contributed by atoms with van der Waals surface area (Å²) in [7, 11) is 0. The highest BCUT2D eigenvalue weighted by molar-refractivity contribution is 5.96.